The van der Waals surface area contributed by atoms with Gasteiger partial charge in [-0.1, -0.05) is 43.7 Å². The van der Waals surface area contributed by atoms with Crippen LogP contribution in [0.2, 0.25) is 0 Å². The molecule has 166 valence electrons. The van der Waals surface area contributed by atoms with Crippen molar-refractivity contribution < 1.29 is 23.5 Å². The van der Waals surface area contributed by atoms with Gasteiger partial charge in [-0.25, -0.2) is 0 Å². The van der Waals surface area contributed by atoms with Crippen LogP contribution >= 0.6 is 0 Å². The molecule has 2 unspecified atom stereocenters. The number of piperidine rings is 1. The summed E-state index contributed by atoms with van der Waals surface area (Å²) in [5.41, 5.74) is 1.03. The van der Waals surface area contributed by atoms with Gasteiger partial charge in [-0.2, -0.15) is 0 Å². The summed E-state index contributed by atoms with van der Waals surface area (Å²) < 4.78 is 10.6. The second-order valence-electron chi connectivity index (χ2n) is 7.88. The van der Waals surface area contributed by atoms with Gasteiger partial charge in [0.2, 0.25) is 0 Å². The van der Waals surface area contributed by atoms with Crippen LogP contribution in [0.5, 0.6) is 0 Å². The number of amides is 2. The lowest BCUT2D eigenvalue weighted by atomic mass is 9.96. The van der Waals surface area contributed by atoms with E-state index in [2.05, 4.69) is 12.2 Å². The fourth-order valence-electron chi connectivity index (χ4n) is 3.78. The Morgan fingerprint density at radius 3 is 2.45 bits per heavy atom. The van der Waals surface area contributed by atoms with E-state index >= 15 is 0 Å². The van der Waals surface area contributed by atoms with Crippen LogP contribution in [0.3, 0.4) is 0 Å². The van der Waals surface area contributed by atoms with Gasteiger partial charge in [-0.05, 0) is 43.9 Å². The van der Waals surface area contributed by atoms with Gasteiger partial charge in [0.05, 0.1) is 18.2 Å². The maximum atomic E-state index is 12.6. The molecular formula is C24H30N2O5. The predicted molar refractivity (Wildman–Crippen MR) is 115 cm³/mol. The molecule has 0 radical (unpaired) electrons. The summed E-state index contributed by atoms with van der Waals surface area (Å²) in [7, 11) is 0. The fraction of sp³-hybridized carbons (Fsp3) is 0.458. The van der Waals surface area contributed by atoms with Gasteiger partial charge in [0.25, 0.3) is 11.8 Å². The molecule has 1 N–H and O–H groups in total. The van der Waals surface area contributed by atoms with Crippen molar-refractivity contribution in [3.05, 3.63) is 60.1 Å². The molecule has 2 atom stereocenters. The summed E-state index contributed by atoms with van der Waals surface area (Å²) in [6.45, 7) is 4.56. The van der Waals surface area contributed by atoms with Crippen LogP contribution in [-0.4, -0.2) is 41.9 Å². The van der Waals surface area contributed by atoms with Crippen molar-refractivity contribution in [2.45, 2.75) is 51.7 Å². The Labute approximate surface area is 182 Å². The van der Waals surface area contributed by atoms with Crippen LogP contribution < -0.4 is 5.32 Å². The van der Waals surface area contributed by atoms with E-state index in [9.17, 15) is 14.4 Å². The molecule has 0 saturated carbocycles. The summed E-state index contributed by atoms with van der Waals surface area (Å²) in [4.78, 5) is 39.2. The molecular weight excluding hydrogens is 396 g/mol. The van der Waals surface area contributed by atoms with Crippen molar-refractivity contribution in [1.82, 2.24) is 10.2 Å². The minimum Gasteiger partial charge on any atom is -0.459 e. The number of nitrogens with one attached hydrogen (secondary N) is 1. The van der Waals surface area contributed by atoms with Crippen LogP contribution in [0.1, 0.15) is 61.7 Å². The molecule has 0 bridgehead atoms. The molecule has 7 nitrogen and oxygen atoms in total. The molecule has 2 heterocycles. The van der Waals surface area contributed by atoms with Crippen molar-refractivity contribution in [2.24, 2.45) is 5.92 Å². The van der Waals surface area contributed by atoms with E-state index in [1.807, 2.05) is 30.3 Å². The molecule has 1 aromatic heterocycles. The Kier molecular flexibility index (Phi) is 7.87. The van der Waals surface area contributed by atoms with Crippen molar-refractivity contribution in [3.63, 3.8) is 0 Å². The molecule has 3 rings (SSSR count). The quantitative estimate of drug-likeness (QED) is 0.650. The Morgan fingerprint density at radius 1 is 1.13 bits per heavy atom. The molecule has 2 aromatic rings. The number of carbonyl (C=O) groups is 3. The number of hydrogen-bond donors (Lipinski definition) is 1. The number of rotatable bonds is 8. The van der Waals surface area contributed by atoms with Gasteiger partial charge in [-0.3, -0.25) is 14.4 Å². The number of likely N-dealkylation sites (tertiary alicyclic amines) is 1. The van der Waals surface area contributed by atoms with Crippen LogP contribution in [0.15, 0.2) is 53.1 Å². The number of furan rings is 1. The lowest BCUT2D eigenvalue weighted by Gasteiger charge is -2.31. The molecule has 1 aliphatic rings. The third kappa shape index (κ3) is 5.96. The summed E-state index contributed by atoms with van der Waals surface area (Å²) in [5.74, 6) is -0.893. The Morgan fingerprint density at radius 2 is 1.84 bits per heavy atom. The minimum atomic E-state index is -0.877. The zero-order chi connectivity index (χ0) is 22.2. The Balaban J connectivity index is 1.48. The van der Waals surface area contributed by atoms with E-state index in [1.165, 1.54) is 6.26 Å². The van der Waals surface area contributed by atoms with Crippen LogP contribution in [0, 0.1) is 5.92 Å². The maximum absolute atomic E-state index is 12.6. The SMILES string of the molecule is CCCC(NC(=O)C(C)OC(=O)C1CCN(C(=O)c2ccco2)CC1)c1ccccc1. The van der Waals surface area contributed by atoms with E-state index in [1.54, 1.807) is 24.0 Å². The van der Waals surface area contributed by atoms with Crippen molar-refractivity contribution in [2.75, 3.05) is 13.1 Å². The smallest absolute Gasteiger partial charge is 0.309 e. The van der Waals surface area contributed by atoms with E-state index in [-0.39, 0.29) is 29.7 Å². The number of carbonyl (C=O) groups excluding carboxylic acids is 3. The lowest BCUT2D eigenvalue weighted by Crippen LogP contribution is -2.43. The van der Waals surface area contributed by atoms with E-state index in [0.717, 1.165) is 18.4 Å². The zero-order valence-corrected chi connectivity index (χ0v) is 18.1. The summed E-state index contributed by atoms with van der Waals surface area (Å²) in [6.07, 6.45) is 3.32. The van der Waals surface area contributed by atoms with Gasteiger partial charge in [-0.15, -0.1) is 0 Å². The number of nitrogens with zero attached hydrogens (tertiary/aromatic N) is 1. The van der Waals surface area contributed by atoms with Gasteiger partial charge in [0.1, 0.15) is 0 Å². The highest BCUT2D eigenvalue weighted by Gasteiger charge is 2.31. The fourth-order valence-corrected chi connectivity index (χ4v) is 3.78. The number of esters is 1. The standard InChI is InChI=1S/C24H30N2O5/c1-3-8-20(18-9-5-4-6-10-18)25-22(27)17(2)31-24(29)19-12-14-26(15-13-19)23(28)21-11-7-16-30-21/h4-7,9-11,16-17,19-20H,3,8,12-15H2,1-2H3,(H,25,27). The second kappa shape index (κ2) is 10.8. The van der Waals surface area contributed by atoms with Gasteiger partial charge in [0.15, 0.2) is 11.9 Å². The van der Waals surface area contributed by atoms with Crippen molar-refractivity contribution in [3.8, 4) is 0 Å². The maximum Gasteiger partial charge on any atom is 0.309 e. The molecule has 0 aliphatic carbocycles. The molecule has 31 heavy (non-hydrogen) atoms. The Bertz CT molecular complexity index is 857. The second-order valence-corrected chi connectivity index (χ2v) is 7.88. The normalized spacial score (nSPS) is 16.4. The molecule has 1 saturated heterocycles. The Hall–Kier alpha value is -3.09. The average Bonchev–Trinajstić information content (AvgIpc) is 3.34. The van der Waals surface area contributed by atoms with Crippen LogP contribution in [0.4, 0.5) is 0 Å². The van der Waals surface area contributed by atoms with E-state index < -0.39 is 6.10 Å². The number of hydrogen-bond acceptors (Lipinski definition) is 5. The summed E-state index contributed by atoms with van der Waals surface area (Å²) >= 11 is 0. The van der Waals surface area contributed by atoms with E-state index in [0.29, 0.717) is 31.7 Å². The first-order valence-corrected chi connectivity index (χ1v) is 10.9. The molecule has 1 aromatic carbocycles. The molecule has 1 aliphatic heterocycles. The molecule has 1 fully saturated rings. The van der Waals surface area contributed by atoms with Crippen molar-refractivity contribution in [1.29, 1.82) is 0 Å². The number of benzene rings is 1. The highest BCUT2D eigenvalue weighted by atomic mass is 16.5. The largest absolute Gasteiger partial charge is 0.459 e. The predicted octanol–water partition coefficient (Wildman–Crippen LogP) is 3.72. The third-order valence-corrected chi connectivity index (χ3v) is 5.61. The zero-order valence-electron chi connectivity index (χ0n) is 18.1. The third-order valence-electron chi connectivity index (χ3n) is 5.61. The van der Waals surface area contributed by atoms with Gasteiger partial charge >= 0.3 is 5.97 Å². The monoisotopic (exact) mass is 426 g/mol. The minimum absolute atomic E-state index is 0.115. The summed E-state index contributed by atoms with van der Waals surface area (Å²) in [5, 5.41) is 3.00. The summed E-state index contributed by atoms with van der Waals surface area (Å²) in [6, 6.07) is 13.0. The van der Waals surface area contributed by atoms with Crippen LogP contribution in [-0.2, 0) is 14.3 Å². The molecule has 0 spiro atoms. The van der Waals surface area contributed by atoms with E-state index in [4.69, 9.17) is 9.15 Å². The first kappa shape index (κ1) is 22.6. The van der Waals surface area contributed by atoms with Gasteiger partial charge < -0.3 is 19.4 Å². The number of ether oxygens (including phenoxy) is 1. The average molecular weight is 427 g/mol. The lowest BCUT2D eigenvalue weighted by molar-refractivity contribution is -0.160. The van der Waals surface area contributed by atoms with Crippen LogP contribution in [0.25, 0.3) is 0 Å². The topological polar surface area (TPSA) is 88.9 Å². The highest BCUT2D eigenvalue weighted by Crippen LogP contribution is 2.22. The first-order valence-electron chi connectivity index (χ1n) is 10.9. The molecule has 7 heteroatoms. The first-order chi connectivity index (χ1) is 15.0. The highest BCUT2D eigenvalue weighted by molar-refractivity contribution is 5.91. The molecule has 2 amide bonds. The van der Waals surface area contributed by atoms with Crippen molar-refractivity contribution >= 4 is 17.8 Å². The van der Waals surface area contributed by atoms with Gasteiger partial charge in [0, 0.05) is 13.1 Å².